The normalized spacial score (nSPS) is 10.5. The summed E-state index contributed by atoms with van der Waals surface area (Å²) >= 11 is 1.62. The molecule has 0 saturated heterocycles. The molecule has 1 aromatic heterocycles. The molecule has 0 bridgehead atoms. The zero-order valence-corrected chi connectivity index (χ0v) is 13.1. The summed E-state index contributed by atoms with van der Waals surface area (Å²) in [6.07, 6.45) is 0.502. The van der Waals surface area contributed by atoms with Crippen LogP contribution in [0.3, 0.4) is 0 Å². The molecule has 0 fully saturated rings. The number of hydrogen-bond acceptors (Lipinski definition) is 4. The average Bonchev–Trinajstić information content (AvgIpc) is 2.75. The van der Waals surface area contributed by atoms with E-state index in [1.54, 1.807) is 11.3 Å². The molecular formula is C15H22N2O2S. The van der Waals surface area contributed by atoms with E-state index in [-0.39, 0.29) is 18.6 Å². The van der Waals surface area contributed by atoms with Crippen LogP contribution in [0.1, 0.15) is 30.0 Å². The van der Waals surface area contributed by atoms with Crippen molar-refractivity contribution < 1.29 is 9.90 Å². The van der Waals surface area contributed by atoms with Crippen molar-refractivity contribution in [2.75, 3.05) is 20.2 Å². The van der Waals surface area contributed by atoms with E-state index in [0.717, 1.165) is 11.4 Å². The highest BCUT2D eigenvalue weighted by Crippen LogP contribution is 2.16. The van der Waals surface area contributed by atoms with Crippen LogP contribution in [-0.2, 0) is 11.3 Å². The summed E-state index contributed by atoms with van der Waals surface area (Å²) in [4.78, 5) is 15.8. The molecule has 1 rings (SSSR count). The minimum Gasteiger partial charge on any atom is -0.395 e. The van der Waals surface area contributed by atoms with Gasteiger partial charge in [0.1, 0.15) is 0 Å². The van der Waals surface area contributed by atoms with Crippen molar-refractivity contribution in [3.63, 3.8) is 0 Å². The van der Waals surface area contributed by atoms with Gasteiger partial charge < -0.3 is 10.4 Å². The number of aliphatic hydroxyl groups excluding tert-OH is 1. The van der Waals surface area contributed by atoms with Crippen LogP contribution in [0.25, 0.3) is 0 Å². The molecule has 1 heterocycles. The molecule has 0 spiro atoms. The molecule has 2 N–H and O–H groups in total. The van der Waals surface area contributed by atoms with Gasteiger partial charge in [-0.15, -0.1) is 11.3 Å². The fourth-order valence-electron chi connectivity index (χ4n) is 1.67. The van der Waals surface area contributed by atoms with Crippen LogP contribution in [0.2, 0.25) is 0 Å². The molecule has 0 saturated carbocycles. The van der Waals surface area contributed by atoms with Gasteiger partial charge in [0.25, 0.3) is 0 Å². The van der Waals surface area contributed by atoms with Crippen LogP contribution in [0.5, 0.6) is 0 Å². The van der Waals surface area contributed by atoms with E-state index >= 15 is 0 Å². The van der Waals surface area contributed by atoms with Gasteiger partial charge in [0.15, 0.2) is 0 Å². The summed E-state index contributed by atoms with van der Waals surface area (Å²) in [6.45, 7) is 5.13. The number of nitrogens with one attached hydrogen (secondary N) is 1. The molecule has 0 aliphatic carbocycles. The molecule has 5 heteroatoms. The summed E-state index contributed by atoms with van der Waals surface area (Å²) in [5.41, 5.74) is 0. The first-order valence-electron chi connectivity index (χ1n) is 6.67. The lowest BCUT2D eigenvalue weighted by atomic mass is 10.3. The van der Waals surface area contributed by atoms with Gasteiger partial charge in [-0.3, -0.25) is 9.69 Å². The molecule has 0 radical (unpaired) electrons. The van der Waals surface area contributed by atoms with Crippen LogP contribution in [0.4, 0.5) is 0 Å². The van der Waals surface area contributed by atoms with E-state index in [2.05, 4.69) is 17.2 Å². The van der Waals surface area contributed by atoms with Crippen LogP contribution < -0.4 is 5.32 Å². The highest BCUT2D eigenvalue weighted by molar-refractivity contribution is 7.12. The molecule has 110 valence electrons. The largest absolute Gasteiger partial charge is 0.395 e. The second kappa shape index (κ2) is 8.75. The fraction of sp³-hybridized carbons (Fsp3) is 0.533. The Morgan fingerprint density at radius 3 is 2.90 bits per heavy atom. The van der Waals surface area contributed by atoms with Crippen LogP contribution in [-0.4, -0.2) is 42.2 Å². The molecule has 1 amide bonds. The Bertz CT molecular complexity index is 486. The highest BCUT2D eigenvalue weighted by atomic mass is 32.1. The van der Waals surface area contributed by atoms with Crippen molar-refractivity contribution in [2.45, 2.75) is 32.9 Å². The van der Waals surface area contributed by atoms with E-state index < -0.39 is 0 Å². The second-order valence-corrected chi connectivity index (χ2v) is 6.10. The van der Waals surface area contributed by atoms with Crippen LogP contribution in [0.15, 0.2) is 12.1 Å². The number of likely N-dealkylation sites (N-methyl/N-ethyl adjacent to an activating group) is 1. The van der Waals surface area contributed by atoms with Crippen molar-refractivity contribution >= 4 is 17.2 Å². The zero-order chi connectivity index (χ0) is 15.0. The summed E-state index contributed by atoms with van der Waals surface area (Å²) in [7, 11) is 1.93. The maximum atomic E-state index is 11.6. The molecule has 0 aromatic carbocycles. The summed E-state index contributed by atoms with van der Waals surface area (Å²) < 4.78 is 0. The van der Waals surface area contributed by atoms with E-state index in [9.17, 15) is 4.79 Å². The van der Waals surface area contributed by atoms with Crippen molar-refractivity contribution in [3.05, 3.63) is 21.9 Å². The Balaban J connectivity index is 2.45. The highest BCUT2D eigenvalue weighted by Gasteiger charge is 2.09. The predicted octanol–water partition coefficient (Wildman–Crippen LogP) is 1.44. The third-order valence-corrected chi connectivity index (χ3v) is 3.38. The molecule has 4 nitrogen and oxygen atoms in total. The number of hydrogen-bond donors (Lipinski definition) is 2. The molecular weight excluding hydrogens is 272 g/mol. The fourth-order valence-corrected chi connectivity index (χ4v) is 2.63. The molecule has 0 atom stereocenters. The number of amides is 1. The lowest BCUT2D eigenvalue weighted by Crippen LogP contribution is -2.38. The zero-order valence-electron chi connectivity index (χ0n) is 12.3. The minimum absolute atomic E-state index is 0.0435. The molecule has 1 aromatic rings. The summed E-state index contributed by atoms with van der Waals surface area (Å²) in [6, 6.07) is 4.18. The monoisotopic (exact) mass is 294 g/mol. The third kappa shape index (κ3) is 6.71. The van der Waals surface area contributed by atoms with E-state index in [1.807, 2.05) is 37.9 Å². The Kier molecular flexibility index (Phi) is 7.31. The summed E-state index contributed by atoms with van der Waals surface area (Å²) in [5, 5.41) is 11.5. The van der Waals surface area contributed by atoms with Crippen LogP contribution in [0, 0.1) is 11.8 Å². The van der Waals surface area contributed by atoms with Gasteiger partial charge in [0.2, 0.25) is 5.91 Å². The maximum absolute atomic E-state index is 11.6. The van der Waals surface area contributed by atoms with Gasteiger partial charge in [0.05, 0.1) is 18.0 Å². The maximum Gasteiger partial charge on any atom is 0.234 e. The van der Waals surface area contributed by atoms with Gasteiger partial charge in [-0.2, -0.15) is 0 Å². The number of nitrogens with zero attached hydrogens (tertiary/aromatic N) is 1. The van der Waals surface area contributed by atoms with Crippen molar-refractivity contribution in [3.8, 4) is 11.8 Å². The van der Waals surface area contributed by atoms with Crippen molar-refractivity contribution in [1.82, 2.24) is 10.2 Å². The first kappa shape index (κ1) is 16.7. The van der Waals surface area contributed by atoms with Gasteiger partial charge >= 0.3 is 0 Å². The number of carbonyl (C=O) groups is 1. The first-order chi connectivity index (χ1) is 9.51. The van der Waals surface area contributed by atoms with Gasteiger partial charge in [-0.1, -0.05) is 11.8 Å². The molecule has 0 aliphatic heterocycles. The number of rotatable bonds is 6. The van der Waals surface area contributed by atoms with Gasteiger partial charge in [-0.25, -0.2) is 0 Å². The number of carbonyl (C=O) groups excluding carboxylic acids is 1. The molecule has 0 aliphatic rings. The minimum atomic E-state index is 0.0435. The lowest BCUT2D eigenvalue weighted by Gasteiger charge is -2.16. The van der Waals surface area contributed by atoms with E-state index in [0.29, 0.717) is 13.0 Å². The second-order valence-electron chi connectivity index (χ2n) is 4.94. The SMILES string of the molecule is CC(C)NC(=O)CN(C)Cc1ccc(C#CCCO)s1. The smallest absolute Gasteiger partial charge is 0.234 e. The third-order valence-electron chi connectivity index (χ3n) is 2.40. The lowest BCUT2D eigenvalue weighted by molar-refractivity contribution is -0.122. The topological polar surface area (TPSA) is 52.6 Å². The Morgan fingerprint density at radius 1 is 1.50 bits per heavy atom. The molecule has 20 heavy (non-hydrogen) atoms. The van der Waals surface area contributed by atoms with Crippen molar-refractivity contribution in [1.29, 1.82) is 0 Å². The standard InChI is InChI=1S/C15H22N2O2S/c1-12(2)16-15(19)11-17(3)10-14-8-7-13(20-14)6-4-5-9-18/h7-8,12,18H,5,9-11H2,1-3H3,(H,16,19). The average molecular weight is 294 g/mol. The van der Waals surface area contributed by atoms with Gasteiger partial charge in [0, 0.05) is 23.9 Å². The predicted molar refractivity (Wildman–Crippen MR) is 82.5 cm³/mol. The Labute approximate surface area is 124 Å². The van der Waals surface area contributed by atoms with Crippen molar-refractivity contribution in [2.24, 2.45) is 0 Å². The molecule has 0 unspecified atom stereocenters. The van der Waals surface area contributed by atoms with Crippen LogP contribution >= 0.6 is 11.3 Å². The van der Waals surface area contributed by atoms with E-state index in [1.165, 1.54) is 4.88 Å². The number of aliphatic hydroxyl groups is 1. The van der Waals surface area contributed by atoms with E-state index in [4.69, 9.17) is 5.11 Å². The summed E-state index contributed by atoms with van der Waals surface area (Å²) in [5.74, 6) is 5.96. The quantitative estimate of drug-likeness (QED) is 0.781. The van der Waals surface area contributed by atoms with Gasteiger partial charge in [-0.05, 0) is 33.0 Å². The Morgan fingerprint density at radius 2 is 2.25 bits per heavy atom. The Hall–Kier alpha value is -1.35. The number of thiophene rings is 1. The first-order valence-corrected chi connectivity index (χ1v) is 7.49.